The lowest BCUT2D eigenvalue weighted by Gasteiger charge is -2.23. The number of halogens is 2. The van der Waals surface area contributed by atoms with Crippen LogP contribution in [0.3, 0.4) is 0 Å². The average molecular weight is 416 g/mol. The number of ketones is 1. The maximum absolute atomic E-state index is 13.2. The molecule has 5 nitrogen and oxygen atoms in total. The molecule has 0 saturated carbocycles. The number of para-hydroxylation sites is 1. The van der Waals surface area contributed by atoms with Crippen LogP contribution in [0.5, 0.6) is 0 Å². The molecule has 0 aliphatic carbocycles. The molecule has 2 heterocycles. The lowest BCUT2D eigenvalue weighted by atomic mass is 9.89. The predicted octanol–water partition coefficient (Wildman–Crippen LogP) is 4.59. The summed E-state index contributed by atoms with van der Waals surface area (Å²) < 4.78 is 5.11. The second-order valence-electron chi connectivity index (χ2n) is 6.58. The molecular weight excluding hydrogens is 401 g/mol. The van der Waals surface area contributed by atoms with Crippen molar-refractivity contribution >= 4 is 40.6 Å². The van der Waals surface area contributed by atoms with Crippen LogP contribution in [-0.2, 0) is 16.9 Å². The van der Waals surface area contributed by atoms with E-state index in [0.717, 1.165) is 0 Å². The maximum Gasteiger partial charge on any atom is 0.264 e. The third-order valence-electron chi connectivity index (χ3n) is 4.80. The fourth-order valence-electron chi connectivity index (χ4n) is 3.41. The molecule has 3 aromatic rings. The maximum atomic E-state index is 13.2. The molecule has 1 aliphatic heterocycles. The van der Waals surface area contributed by atoms with Gasteiger partial charge in [-0.25, -0.2) is 0 Å². The number of carbonyl (C=O) groups is 2. The number of rotatable bonds is 5. The first-order valence-corrected chi connectivity index (χ1v) is 9.30. The van der Waals surface area contributed by atoms with Crippen LogP contribution in [0.25, 0.3) is 0 Å². The smallest absolute Gasteiger partial charge is 0.264 e. The summed E-state index contributed by atoms with van der Waals surface area (Å²) in [4.78, 5) is 27.1. The van der Waals surface area contributed by atoms with Gasteiger partial charge in [-0.15, -0.1) is 0 Å². The van der Waals surface area contributed by atoms with Gasteiger partial charge in [0.25, 0.3) is 5.91 Å². The van der Waals surface area contributed by atoms with Crippen molar-refractivity contribution in [3.8, 4) is 0 Å². The van der Waals surface area contributed by atoms with E-state index in [1.807, 2.05) is 0 Å². The lowest BCUT2D eigenvalue weighted by molar-refractivity contribution is -0.136. The van der Waals surface area contributed by atoms with Crippen LogP contribution in [0.4, 0.5) is 5.69 Å². The van der Waals surface area contributed by atoms with Crippen molar-refractivity contribution in [2.75, 3.05) is 4.90 Å². The number of furan rings is 1. The van der Waals surface area contributed by atoms with Gasteiger partial charge in [0, 0.05) is 15.6 Å². The number of Topliss-reactive ketones (excluding diaryl/α,β-unsaturated/α-hetero) is 1. The van der Waals surface area contributed by atoms with Crippen LogP contribution in [0.1, 0.15) is 28.1 Å². The minimum Gasteiger partial charge on any atom is -0.461 e. The summed E-state index contributed by atoms with van der Waals surface area (Å²) in [5.41, 5.74) is -0.381. The van der Waals surface area contributed by atoms with Crippen LogP contribution in [0.2, 0.25) is 10.0 Å². The second-order valence-corrected chi connectivity index (χ2v) is 7.43. The minimum atomic E-state index is -1.97. The van der Waals surface area contributed by atoms with E-state index in [1.165, 1.54) is 17.2 Å². The van der Waals surface area contributed by atoms with Crippen LogP contribution >= 0.6 is 23.2 Å². The summed E-state index contributed by atoms with van der Waals surface area (Å²) in [5, 5.41) is 12.1. The zero-order valence-electron chi connectivity index (χ0n) is 14.6. The Kier molecular flexibility index (Phi) is 4.75. The van der Waals surface area contributed by atoms with Crippen molar-refractivity contribution in [3.05, 3.63) is 87.8 Å². The number of amides is 1. The molecule has 1 aliphatic rings. The lowest BCUT2D eigenvalue weighted by Crippen LogP contribution is -2.41. The summed E-state index contributed by atoms with van der Waals surface area (Å²) in [6.45, 7) is 0.142. The number of hydrogen-bond acceptors (Lipinski definition) is 4. The first kappa shape index (κ1) is 18.7. The monoisotopic (exact) mass is 415 g/mol. The fourth-order valence-corrected chi connectivity index (χ4v) is 3.88. The Balaban J connectivity index is 1.70. The van der Waals surface area contributed by atoms with Crippen LogP contribution in [0, 0.1) is 0 Å². The van der Waals surface area contributed by atoms with Crippen molar-refractivity contribution in [1.82, 2.24) is 0 Å². The highest BCUT2D eigenvalue weighted by atomic mass is 35.5. The fraction of sp³-hybridized carbons (Fsp3) is 0.143. The topological polar surface area (TPSA) is 70.8 Å². The molecule has 4 rings (SSSR count). The molecule has 0 spiro atoms. The van der Waals surface area contributed by atoms with E-state index in [-0.39, 0.29) is 12.3 Å². The Bertz CT molecular complexity index is 1060. The van der Waals surface area contributed by atoms with Gasteiger partial charge in [0.2, 0.25) is 5.78 Å². The van der Waals surface area contributed by atoms with Gasteiger partial charge < -0.3 is 14.4 Å². The van der Waals surface area contributed by atoms with Crippen molar-refractivity contribution in [3.63, 3.8) is 0 Å². The molecule has 0 radical (unpaired) electrons. The normalized spacial score (nSPS) is 18.4. The Labute approximate surface area is 171 Å². The van der Waals surface area contributed by atoms with Crippen LogP contribution in [-0.4, -0.2) is 16.8 Å². The van der Waals surface area contributed by atoms with Crippen molar-refractivity contribution in [1.29, 1.82) is 0 Å². The molecule has 1 aromatic heterocycles. The molecule has 7 heteroatoms. The van der Waals surface area contributed by atoms with E-state index in [1.54, 1.807) is 48.5 Å². The molecule has 2 aromatic carbocycles. The van der Waals surface area contributed by atoms with Gasteiger partial charge in [-0.3, -0.25) is 9.59 Å². The van der Waals surface area contributed by atoms with E-state index >= 15 is 0 Å². The molecule has 1 amide bonds. The average Bonchev–Trinajstić information content (AvgIpc) is 3.27. The molecule has 0 fully saturated rings. The third kappa shape index (κ3) is 3.11. The molecule has 1 atom stereocenters. The number of fused-ring (bicyclic) bond motifs is 1. The van der Waals surface area contributed by atoms with Gasteiger partial charge in [-0.1, -0.05) is 47.5 Å². The largest absolute Gasteiger partial charge is 0.461 e. The Morgan fingerprint density at radius 3 is 2.61 bits per heavy atom. The molecule has 28 heavy (non-hydrogen) atoms. The van der Waals surface area contributed by atoms with E-state index < -0.39 is 23.7 Å². The standard InChI is InChI=1S/C21H15Cl2NO4/c22-14-8-7-13(16(23)10-14)12-24-17-5-2-1-4-15(17)21(27,20(24)26)11-18(25)19-6-3-9-28-19/h1-10,27H,11-12H2. The molecule has 1 unspecified atom stereocenters. The number of benzene rings is 2. The third-order valence-corrected chi connectivity index (χ3v) is 5.38. The van der Waals surface area contributed by atoms with E-state index in [4.69, 9.17) is 27.6 Å². The Hall–Kier alpha value is -2.60. The zero-order valence-corrected chi connectivity index (χ0v) is 16.1. The number of carbonyl (C=O) groups excluding carboxylic acids is 2. The first-order chi connectivity index (χ1) is 13.4. The molecule has 0 bridgehead atoms. The zero-order chi connectivity index (χ0) is 19.9. The van der Waals surface area contributed by atoms with Crippen LogP contribution < -0.4 is 4.90 Å². The number of anilines is 1. The molecule has 0 saturated heterocycles. The molecular formula is C21H15Cl2NO4. The summed E-state index contributed by atoms with van der Waals surface area (Å²) >= 11 is 12.2. The van der Waals surface area contributed by atoms with Gasteiger partial charge in [-0.2, -0.15) is 0 Å². The van der Waals surface area contributed by atoms with Crippen molar-refractivity contribution in [2.45, 2.75) is 18.6 Å². The highest BCUT2D eigenvalue weighted by Gasteiger charge is 2.51. The van der Waals surface area contributed by atoms with Gasteiger partial charge in [0.15, 0.2) is 11.4 Å². The Morgan fingerprint density at radius 2 is 1.89 bits per heavy atom. The Morgan fingerprint density at radius 1 is 1.11 bits per heavy atom. The number of aliphatic hydroxyl groups is 1. The van der Waals surface area contributed by atoms with Gasteiger partial charge >= 0.3 is 0 Å². The number of hydrogen-bond donors (Lipinski definition) is 1. The number of nitrogens with zero attached hydrogens (tertiary/aromatic N) is 1. The van der Waals surface area contributed by atoms with E-state index in [2.05, 4.69) is 0 Å². The summed E-state index contributed by atoms with van der Waals surface area (Å²) in [6.07, 6.45) is 0.956. The van der Waals surface area contributed by atoms with Gasteiger partial charge in [0.05, 0.1) is 24.9 Å². The highest BCUT2D eigenvalue weighted by molar-refractivity contribution is 6.35. The first-order valence-electron chi connectivity index (χ1n) is 8.54. The second kappa shape index (κ2) is 7.09. The van der Waals surface area contributed by atoms with Gasteiger partial charge in [0.1, 0.15) is 0 Å². The predicted molar refractivity (Wildman–Crippen MR) is 106 cm³/mol. The van der Waals surface area contributed by atoms with Crippen LogP contribution in [0.15, 0.2) is 65.3 Å². The summed E-state index contributed by atoms with van der Waals surface area (Å²) in [5.74, 6) is -0.945. The SMILES string of the molecule is O=C(CC1(O)C(=O)N(Cc2ccc(Cl)cc2Cl)c2ccccc21)c1ccco1. The minimum absolute atomic E-state index is 0.0953. The highest BCUT2D eigenvalue weighted by Crippen LogP contribution is 2.44. The van der Waals surface area contributed by atoms with E-state index in [0.29, 0.717) is 26.9 Å². The quantitative estimate of drug-likeness (QED) is 0.618. The van der Waals surface area contributed by atoms with Crippen molar-refractivity contribution in [2.24, 2.45) is 0 Å². The van der Waals surface area contributed by atoms with Gasteiger partial charge in [-0.05, 0) is 35.9 Å². The summed E-state index contributed by atoms with van der Waals surface area (Å²) in [7, 11) is 0. The summed E-state index contributed by atoms with van der Waals surface area (Å²) in [6, 6.07) is 14.9. The van der Waals surface area contributed by atoms with Crippen molar-refractivity contribution < 1.29 is 19.1 Å². The van der Waals surface area contributed by atoms with E-state index in [9.17, 15) is 14.7 Å². The molecule has 142 valence electrons. The molecule has 1 N–H and O–H groups in total.